The maximum Gasteiger partial charge on any atom is 0.263 e. The Labute approximate surface area is 187 Å². The summed E-state index contributed by atoms with van der Waals surface area (Å²) in [4.78, 5) is 30.1. The van der Waals surface area contributed by atoms with Crippen LogP contribution in [0.3, 0.4) is 0 Å². The minimum atomic E-state index is -3.69. The van der Waals surface area contributed by atoms with Crippen molar-refractivity contribution in [2.45, 2.75) is 50.1 Å². The molecule has 32 heavy (non-hydrogen) atoms. The number of nitrogens with one attached hydrogen (secondary N) is 3. The fraction of sp³-hybridized carbons (Fsp3) is 0.348. The van der Waals surface area contributed by atoms with Crippen molar-refractivity contribution in [1.82, 2.24) is 10.0 Å². The fourth-order valence-corrected chi connectivity index (χ4v) is 4.73. The summed E-state index contributed by atoms with van der Waals surface area (Å²) >= 11 is 0. The van der Waals surface area contributed by atoms with Gasteiger partial charge in [-0.2, -0.15) is 0 Å². The molecule has 2 aliphatic rings. The molecule has 0 bridgehead atoms. The summed E-state index contributed by atoms with van der Waals surface area (Å²) in [5, 5.41) is 5.76. The lowest BCUT2D eigenvalue weighted by atomic mass is 9.98. The van der Waals surface area contributed by atoms with Crippen LogP contribution in [-0.2, 0) is 14.8 Å². The number of benzene rings is 2. The number of fused-ring (bicyclic) bond motifs is 1. The molecule has 2 amide bonds. The summed E-state index contributed by atoms with van der Waals surface area (Å²) in [5.41, 5.74) is 1.41. The third-order valence-corrected chi connectivity index (χ3v) is 7.08. The topological polar surface area (TPSA) is 117 Å². The highest BCUT2D eigenvalue weighted by Gasteiger charge is 2.33. The average molecular weight is 455 g/mol. The van der Waals surface area contributed by atoms with Crippen LogP contribution in [-0.4, -0.2) is 38.2 Å². The molecule has 2 atom stereocenters. The number of aliphatic imine (C=N–C) groups is 1. The zero-order valence-corrected chi connectivity index (χ0v) is 18.8. The van der Waals surface area contributed by atoms with Crippen LogP contribution in [0.5, 0.6) is 0 Å². The van der Waals surface area contributed by atoms with Gasteiger partial charge in [-0.1, -0.05) is 38.5 Å². The number of rotatable bonds is 7. The molecule has 0 radical (unpaired) electrons. The third-order valence-electron chi connectivity index (χ3n) is 5.69. The number of hydrogen-bond donors (Lipinski definition) is 3. The second-order valence-corrected chi connectivity index (χ2v) is 9.88. The Balaban J connectivity index is 1.58. The van der Waals surface area contributed by atoms with Crippen LogP contribution in [0.1, 0.15) is 49.0 Å². The van der Waals surface area contributed by atoms with E-state index >= 15 is 0 Å². The van der Waals surface area contributed by atoms with Crippen molar-refractivity contribution < 1.29 is 18.0 Å². The van der Waals surface area contributed by atoms with E-state index in [9.17, 15) is 18.0 Å². The van der Waals surface area contributed by atoms with Gasteiger partial charge >= 0.3 is 0 Å². The van der Waals surface area contributed by atoms with Gasteiger partial charge in [0.2, 0.25) is 5.91 Å². The summed E-state index contributed by atoms with van der Waals surface area (Å²) in [6.07, 6.45) is 2.66. The van der Waals surface area contributed by atoms with Gasteiger partial charge in [0.05, 0.1) is 4.90 Å². The molecule has 1 fully saturated rings. The van der Waals surface area contributed by atoms with Gasteiger partial charge in [0, 0.05) is 22.9 Å². The maximum absolute atomic E-state index is 13.1. The van der Waals surface area contributed by atoms with E-state index in [1.165, 1.54) is 6.07 Å². The van der Waals surface area contributed by atoms with Crippen molar-refractivity contribution in [2.75, 3.05) is 5.32 Å². The van der Waals surface area contributed by atoms with E-state index in [2.05, 4.69) is 20.3 Å². The van der Waals surface area contributed by atoms with Crippen molar-refractivity contribution in [3.63, 3.8) is 0 Å². The van der Waals surface area contributed by atoms with Crippen LogP contribution < -0.4 is 15.4 Å². The number of amidine groups is 1. The Bertz CT molecular complexity index is 1190. The minimum Gasteiger partial charge on any atom is -0.349 e. The molecule has 1 heterocycles. The number of amides is 2. The molecule has 0 saturated heterocycles. The molecule has 1 aliphatic carbocycles. The van der Waals surface area contributed by atoms with Gasteiger partial charge in [-0.25, -0.2) is 8.42 Å². The van der Waals surface area contributed by atoms with Gasteiger partial charge in [0.25, 0.3) is 15.9 Å². The monoisotopic (exact) mass is 454 g/mol. The summed E-state index contributed by atoms with van der Waals surface area (Å²) < 4.78 is 27.3. The van der Waals surface area contributed by atoms with Crippen LogP contribution in [0.15, 0.2) is 58.4 Å². The lowest BCUT2D eigenvalue weighted by Gasteiger charge is -2.19. The molecule has 9 heteroatoms. The largest absolute Gasteiger partial charge is 0.349 e. The van der Waals surface area contributed by atoms with Crippen molar-refractivity contribution in [3.8, 4) is 0 Å². The van der Waals surface area contributed by atoms with E-state index in [0.717, 1.165) is 12.8 Å². The number of sulfonamides is 1. The average Bonchev–Trinajstić information content (AvgIpc) is 3.55. The van der Waals surface area contributed by atoms with Gasteiger partial charge in [-0.15, -0.1) is 0 Å². The Morgan fingerprint density at radius 1 is 1.16 bits per heavy atom. The molecular weight excluding hydrogens is 428 g/mol. The molecular formula is C23H26N4O4S. The van der Waals surface area contributed by atoms with E-state index in [1.54, 1.807) is 42.5 Å². The van der Waals surface area contributed by atoms with Crippen LogP contribution in [0, 0.1) is 5.92 Å². The Morgan fingerprint density at radius 2 is 1.91 bits per heavy atom. The van der Waals surface area contributed by atoms with Gasteiger partial charge in [-0.3, -0.25) is 19.3 Å². The highest BCUT2D eigenvalue weighted by atomic mass is 32.2. The van der Waals surface area contributed by atoms with Gasteiger partial charge in [0.1, 0.15) is 11.9 Å². The minimum absolute atomic E-state index is 0.138. The molecule has 168 valence electrons. The molecule has 1 aliphatic heterocycles. The van der Waals surface area contributed by atoms with Crippen LogP contribution in [0.4, 0.5) is 5.69 Å². The molecule has 0 aromatic heterocycles. The first-order chi connectivity index (χ1) is 15.3. The van der Waals surface area contributed by atoms with E-state index < -0.39 is 16.1 Å². The van der Waals surface area contributed by atoms with Crippen molar-refractivity contribution in [2.24, 2.45) is 10.9 Å². The molecule has 8 nitrogen and oxygen atoms in total. The summed E-state index contributed by atoms with van der Waals surface area (Å²) in [7, 11) is -3.69. The SMILES string of the molecule is CCC(C)C(N=C1NS(=O)(=O)c2ccccc21)C(=O)Nc1cccc(C(=O)NC2CC2)c1. The van der Waals surface area contributed by atoms with Gasteiger partial charge < -0.3 is 10.6 Å². The van der Waals surface area contributed by atoms with Crippen molar-refractivity contribution in [3.05, 3.63) is 59.7 Å². The summed E-state index contributed by atoms with van der Waals surface area (Å²) in [5.74, 6) is -0.505. The lowest BCUT2D eigenvalue weighted by molar-refractivity contribution is -0.118. The molecule has 3 N–H and O–H groups in total. The van der Waals surface area contributed by atoms with Crippen LogP contribution >= 0.6 is 0 Å². The highest BCUT2D eigenvalue weighted by molar-refractivity contribution is 7.90. The zero-order valence-electron chi connectivity index (χ0n) is 18.0. The van der Waals surface area contributed by atoms with Crippen molar-refractivity contribution >= 4 is 33.4 Å². The molecule has 0 spiro atoms. The van der Waals surface area contributed by atoms with E-state index in [-0.39, 0.29) is 34.5 Å². The first kappa shape index (κ1) is 22.0. The zero-order chi connectivity index (χ0) is 22.9. The van der Waals surface area contributed by atoms with Crippen LogP contribution in [0.25, 0.3) is 0 Å². The quantitative estimate of drug-likeness (QED) is 0.596. The number of carbonyl (C=O) groups excluding carboxylic acids is 2. The number of hydrogen-bond acceptors (Lipinski definition) is 5. The molecule has 2 unspecified atom stereocenters. The second kappa shape index (κ2) is 8.74. The Morgan fingerprint density at radius 3 is 2.62 bits per heavy atom. The smallest absolute Gasteiger partial charge is 0.263 e. The summed E-state index contributed by atoms with van der Waals surface area (Å²) in [6, 6.07) is 12.7. The molecule has 2 aromatic carbocycles. The molecule has 4 rings (SSSR count). The standard InChI is InChI=1S/C23H26N4O4S/c1-3-14(2)20(26-21-18-9-4-5-10-19(18)32(30,31)27-21)23(29)25-17-8-6-7-15(13-17)22(28)24-16-11-12-16/h4-10,13-14,16,20H,3,11-12H2,1-2H3,(H,24,28)(H,25,29)(H,26,27). The van der Waals surface area contributed by atoms with E-state index in [0.29, 0.717) is 23.2 Å². The van der Waals surface area contributed by atoms with Crippen molar-refractivity contribution in [1.29, 1.82) is 0 Å². The number of nitrogens with zero attached hydrogens (tertiary/aromatic N) is 1. The lowest BCUT2D eigenvalue weighted by Crippen LogP contribution is -2.35. The van der Waals surface area contributed by atoms with Gasteiger partial charge in [0.15, 0.2) is 0 Å². The van der Waals surface area contributed by atoms with E-state index in [4.69, 9.17) is 0 Å². The third kappa shape index (κ3) is 4.67. The van der Waals surface area contributed by atoms with E-state index in [1.807, 2.05) is 13.8 Å². The maximum atomic E-state index is 13.1. The first-order valence-corrected chi connectivity index (χ1v) is 12.2. The normalized spacial score (nSPS) is 19.5. The second-order valence-electron chi connectivity index (χ2n) is 8.23. The number of anilines is 1. The highest BCUT2D eigenvalue weighted by Crippen LogP contribution is 2.25. The molecule has 1 saturated carbocycles. The predicted molar refractivity (Wildman–Crippen MR) is 122 cm³/mol. The molecule has 2 aromatic rings. The Hall–Kier alpha value is -3.20. The van der Waals surface area contributed by atoms with Crippen LogP contribution in [0.2, 0.25) is 0 Å². The Kier molecular flexibility index (Phi) is 6.01. The first-order valence-electron chi connectivity index (χ1n) is 10.7. The van der Waals surface area contributed by atoms with Gasteiger partial charge in [-0.05, 0) is 49.1 Å². The summed E-state index contributed by atoms with van der Waals surface area (Å²) in [6.45, 7) is 3.84. The fourth-order valence-electron chi connectivity index (χ4n) is 3.49. The predicted octanol–water partition coefficient (Wildman–Crippen LogP) is 2.67. The number of carbonyl (C=O) groups is 2.